The Labute approximate surface area is 232 Å². The molecule has 0 unspecified atom stereocenters. The van der Waals surface area contributed by atoms with Gasteiger partial charge in [0.05, 0.1) is 12.3 Å². The fourth-order valence-electron chi connectivity index (χ4n) is 4.12. The Bertz CT molecular complexity index is 1180. The van der Waals surface area contributed by atoms with Gasteiger partial charge in [0.1, 0.15) is 12.4 Å². The molecule has 8 nitrogen and oxygen atoms in total. The second-order valence-corrected chi connectivity index (χ2v) is 9.57. The molecule has 208 valence electrons. The summed E-state index contributed by atoms with van der Waals surface area (Å²) >= 11 is 0. The van der Waals surface area contributed by atoms with Crippen molar-refractivity contribution in [1.82, 2.24) is 20.2 Å². The number of amides is 1. The zero-order chi connectivity index (χ0) is 27.9. The van der Waals surface area contributed by atoms with Crippen molar-refractivity contribution in [1.29, 1.82) is 0 Å². The van der Waals surface area contributed by atoms with Crippen LogP contribution in [0.25, 0.3) is 5.57 Å². The molecular formula is C31H41N5O3. The normalized spacial score (nSPS) is 14.3. The van der Waals surface area contributed by atoms with Gasteiger partial charge in [-0.3, -0.25) is 9.69 Å². The van der Waals surface area contributed by atoms with Crippen molar-refractivity contribution in [3.05, 3.63) is 84.3 Å². The Morgan fingerprint density at radius 2 is 2.03 bits per heavy atom. The van der Waals surface area contributed by atoms with E-state index in [1.165, 1.54) is 25.9 Å². The lowest BCUT2D eigenvalue weighted by Gasteiger charge is -2.16. The summed E-state index contributed by atoms with van der Waals surface area (Å²) < 4.78 is 10.9. The van der Waals surface area contributed by atoms with Crippen molar-refractivity contribution in [2.24, 2.45) is 0 Å². The Hall–Kier alpha value is -3.75. The van der Waals surface area contributed by atoms with Crippen molar-refractivity contribution in [2.75, 3.05) is 51.8 Å². The number of carbonyl (C=O) groups excluding carboxylic acids is 1. The predicted molar refractivity (Wildman–Crippen MR) is 158 cm³/mol. The van der Waals surface area contributed by atoms with Crippen LogP contribution in [0.5, 0.6) is 5.75 Å². The average molecular weight is 532 g/mol. The van der Waals surface area contributed by atoms with E-state index in [1.807, 2.05) is 68.5 Å². The molecule has 0 saturated carbocycles. The molecule has 3 rings (SSSR count). The fraction of sp³-hybridized carbons (Fsp3) is 0.387. The molecule has 1 aliphatic heterocycles. The minimum absolute atomic E-state index is 0.0264. The van der Waals surface area contributed by atoms with Crippen molar-refractivity contribution in [3.8, 4) is 5.75 Å². The number of methoxy groups -OCH3 is 1. The van der Waals surface area contributed by atoms with Crippen molar-refractivity contribution in [2.45, 2.75) is 33.1 Å². The van der Waals surface area contributed by atoms with Crippen LogP contribution in [-0.4, -0.2) is 67.3 Å². The first-order valence-electron chi connectivity index (χ1n) is 13.4. The lowest BCUT2D eigenvalue weighted by Crippen LogP contribution is -2.25. The van der Waals surface area contributed by atoms with Gasteiger partial charge < -0.3 is 20.1 Å². The van der Waals surface area contributed by atoms with Gasteiger partial charge in [-0.05, 0) is 75.2 Å². The van der Waals surface area contributed by atoms with Crippen LogP contribution in [0.1, 0.15) is 37.4 Å². The van der Waals surface area contributed by atoms with Gasteiger partial charge >= 0.3 is 0 Å². The molecule has 1 fully saturated rings. The highest BCUT2D eigenvalue weighted by Crippen LogP contribution is 2.24. The summed E-state index contributed by atoms with van der Waals surface area (Å²) in [4.78, 5) is 23.4. The minimum atomic E-state index is -0.0264. The third kappa shape index (κ3) is 10.9. The molecule has 1 aromatic heterocycles. The molecular weight excluding hydrogens is 490 g/mol. The summed E-state index contributed by atoms with van der Waals surface area (Å²) in [5.74, 6) is 1.36. The maximum absolute atomic E-state index is 12.0. The highest BCUT2D eigenvalue weighted by molar-refractivity contribution is 5.78. The molecule has 0 spiro atoms. The molecule has 1 aromatic carbocycles. The maximum atomic E-state index is 12.0. The van der Waals surface area contributed by atoms with Gasteiger partial charge in [-0.25, -0.2) is 9.97 Å². The third-order valence-electron chi connectivity index (χ3n) is 6.24. The van der Waals surface area contributed by atoms with Gasteiger partial charge in [-0.2, -0.15) is 0 Å². The number of carbonyl (C=O) groups is 1. The summed E-state index contributed by atoms with van der Waals surface area (Å²) in [5, 5.41) is 6.13. The molecule has 0 atom stereocenters. The van der Waals surface area contributed by atoms with Gasteiger partial charge in [-0.15, -0.1) is 0 Å². The van der Waals surface area contributed by atoms with Crippen LogP contribution >= 0.6 is 0 Å². The van der Waals surface area contributed by atoms with Gasteiger partial charge in [0.15, 0.2) is 0 Å². The number of aromatic nitrogens is 2. The lowest BCUT2D eigenvalue weighted by atomic mass is 10.1. The molecule has 2 aromatic rings. The number of benzene rings is 1. The van der Waals surface area contributed by atoms with Crippen molar-refractivity contribution in [3.63, 3.8) is 0 Å². The number of likely N-dealkylation sites (tertiary alicyclic amines) is 1. The van der Waals surface area contributed by atoms with E-state index in [0.717, 1.165) is 34.7 Å². The van der Waals surface area contributed by atoms with Crippen LogP contribution in [-0.2, 0) is 9.53 Å². The highest BCUT2D eigenvalue weighted by Gasteiger charge is 2.11. The smallest absolute Gasteiger partial charge is 0.227 e. The molecule has 1 amide bonds. The zero-order valence-electron chi connectivity index (χ0n) is 23.4. The molecule has 0 bridgehead atoms. The second kappa shape index (κ2) is 16.3. The molecule has 1 aliphatic rings. The number of allylic oxidation sites excluding steroid dienone is 4. The number of hydrogen-bond donors (Lipinski definition) is 2. The summed E-state index contributed by atoms with van der Waals surface area (Å²) in [7, 11) is 1.63. The Morgan fingerprint density at radius 3 is 2.79 bits per heavy atom. The molecule has 39 heavy (non-hydrogen) atoms. The number of hydrogen-bond acceptors (Lipinski definition) is 7. The lowest BCUT2D eigenvalue weighted by molar-refractivity contribution is -0.120. The summed E-state index contributed by atoms with van der Waals surface area (Å²) in [6, 6.07) is 7.82. The fourth-order valence-corrected chi connectivity index (χ4v) is 4.12. The number of rotatable bonds is 15. The van der Waals surface area contributed by atoms with Crippen molar-refractivity contribution < 1.29 is 14.3 Å². The van der Waals surface area contributed by atoms with E-state index in [9.17, 15) is 4.79 Å². The van der Waals surface area contributed by atoms with Gasteiger partial charge in [-0.1, -0.05) is 42.5 Å². The first-order valence-corrected chi connectivity index (χ1v) is 13.4. The van der Waals surface area contributed by atoms with Crippen LogP contribution in [0.3, 0.4) is 0 Å². The van der Waals surface area contributed by atoms with Gasteiger partial charge in [0.25, 0.3) is 0 Å². The van der Waals surface area contributed by atoms with Gasteiger partial charge in [0, 0.05) is 38.5 Å². The van der Waals surface area contributed by atoms with Crippen LogP contribution < -0.4 is 15.4 Å². The first-order chi connectivity index (χ1) is 18.9. The quantitative estimate of drug-likeness (QED) is 0.240. The largest absolute Gasteiger partial charge is 0.492 e. The predicted octanol–water partition coefficient (Wildman–Crippen LogP) is 5.23. The SMILES string of the molecule is C=C(/C=C\C=C(/C)CC(=O)NC/C=C/COC)c1ccnc(Nc2ccc(OCCN3CCCC3)c(C)c2)n1. The Morgan fingerprint density at radius 1 is 1.21 bits per heavy atom. The van der Waals surface area contributed by atoms with E-state index in [2.05, 4.69) is 32.1 Å². The number of nitrogens with zero attached hydrogens (tertiary/aromatic N) is 3. The van der Waals surface area contributed by atoms with Crippen LogP contribution in [0, 0.1) is 6.92 Å². The van der Waals surface area contributed by atoms with Crippen LogP contribution in [0.15, 0.2) is 73.0 Å². The Kier molecular flexibility index (Phi) is 12.4. The topological polar surface area (TPSA) is 88.6 Å². The number of nitrogens with one attached hydrogen (secondary N) is 2. The Balaban J connectivity index is 1.48. The van der Waals surface area contributed by atoms with Crippen LogP contribution in [0.2, 0.25) is 0 Å². The highest BCUT2D eigenvalue weighted by atomic mass is 16.5. The molecule has 2 heterocycles. The molecule has 2 N–H and O–H groups in total. The number of aryl methyl sites for hydroxylation is 1. The first kappa shape index (κ1) is 29.8. The van der Waals surface area contributed by atoms with E-state index in [1.54, 1.807) is 13.3 Å². The summed E-state index contributed by atoms with van der Waals surface area (Å²) in [5.41, 5.74) is 4.36. The maximum Gasteiger partial charge on any atom is 0.227 e. The second-order valence-electron chi connectivity index (χ2n) is 9.57. The summed E-state index contributed by atoms with van der Waals surface area (Å²) in [6.07, 6.45) is 14.0. The van der Waals surface area contributed by atoms with E-state index in [4.69, 9.17) is 9.47 Å². The summed E-state index contributed by atoms with van der Waals surface area (Å²) in [6.45, 7) is 13.1. The molecule has 0 radical (unpaired) electrons. The third-order valence-corrected chi connectivity index (χ3v) is 6.24. The molecule has 1 saturated heterocycles. The van der Waals surface area contributed by atoms with Crippen LogP contribution in [0.4, 0.5) is 11.6 Å². The van der Waals surface area contributed by atoms with E-state index in [-0.39, 0.29) is 5.91 Å². The zero-order valence-corrected chi connectivity index (χ0v) is 23.4. The average Bonchev–Trinajstić information content (AvgIpc) is 3.43. The molecule has 0 aliphatic carbocycles. The van der Waals surface area contributed by atoms with Gasteiger partial charge in [0.2, 0.25) is 11.9 Å². The van der Waals surface area contributed by atoms with E-state index >= 15 is 0 Å². The number of ether oxygens (including phenoxy) is 2. The standard InChI is InChI=1S/C31H41N5O3/c1-24(22-30(37)32-15-5-8-20-38-4)10-9-11-25(2)28-14-16-33-31(35-28)34-27-12-13-29(26(3)23-27)39-21-19-36-17-6-7-18-36/h5,8-14,16,23H,2,6-7,15,17-22H2,1,3-4H3,(H,32,37)(H,33,34,35)/b8-5+,11-9-,24-10+. The molecule has 8 heteroatoms. The minimum Gasteiger partial charge on any atom is -0.492 e. The monoisotopic (exact) mass is 531 g/mol. The van der Waals surface area contributed by atoms with E-state index in [0.29, 0.717) is 37.8 Å². The number of anilines is 2. The van der Waals surface area contributed by atoms with Crippen molar-refractivity contribution >= 4 is 23.1 Å². The van der Waals surface area contributed by atoms with E-state index < -0.39 is 0 Å².